The first kappa shape index (κ1) is 16.9. The number of anilines is 1. The number of rotatable bonds is 4. The standard InChI is InChI=1S/C20H13ClN4O2/c21-14-6-8-16-17(10-14)23-12-24-20(16)27-18-9-7-15(11-22-18)25-19(26)13-4-2-1-3-5-13/h1-12H,(H,25,26). The number of pyridine rings is 1. The van der Waals surface area contributed by atoms with Gasteiger partial charge in [0.2, 0.25) is 11.8 Å². The Morgan fingerprint density at radius 3 is 2.59 bits per heavy atom. The predicted molar refractivity (Wildman–Crippen MR) is 103 cm³/mol. The van der Waals surface area contributed by atoms with Crippen molar-refractivity contribution in [1.29, 1.82) is 0 Å². The van der Waals surface area contributed by atoms with Gasteiger partial charge >= 0.3 is 0 Å². The number of halogens is 1. The summed E-state index contributed by atoms with van der Waals surface area (Å²) in [5, 5.41) is 4.10. The summed E-state index contributed by atoms with van der Waals surface area (Å²) in [4.78, 5) is 24.7. The molecule has 0 fully saturated rings. The zero-order valence-electron chi connectivity index (χ0n) is 14.0. The summed E-state index contributed by atoms with van der Waals surface area (Å²) in [5.41, 5.74) is 1.82. The number of nitrogens with zero attached hydrogens (tertiary/aromatic N) is 3. The van der Waals surface area contributed by atoms with E-state index in [1.165, 1.54) is 12.5 Å². The molecule has 2 aromatic heterocycles. The second-order valence-corrected chi connectivity index (χ2v) is 6.08. The van der Waals surface area contributed by atoms with Crippen LogP contribution in [0.5, 0.6) is 11.8 Å². The molecule has 27 heavy (non-hydrogen) atoms. The topological polar surface area (TPSA) is 77.0 Å². The van der Waals surface area contributed by atoms with Crippen LogP contribution in [0.4, 0.5) is 5.69 Å². The number of hydrogen-bond acceptors (Lipinski definition) is 5. The van der Waals surface area contributed by atoms with Gasteiger partial charge in [0.1, 0.15) is 6.33 Å². The van der Waals surface area contributed by atoms with Gasteiger partial charge in [-0.2, -0.15) is 0 Å². The van der Waals surface area contributed by atoms with Crippen molar-refractivity contribution >= 4 is 34.1 Å². The van der Waals surface area contributed by atoms with Crippen LogP contribution in [-0.4, -0.2) is 20.9 Å². The van der Waals surface area contributed by atoms with Gasteiger partial charge in [-0.1, -0.05) is 29.8 Å². The maximum atomic E-state index is 12.2. The lowest BCUT2D eigenvalue weighted by molar-refractivity contribution is 0.102. The van der Waals surface area contributed by atoms with Crippen LogP contribution in [-0.2, 0) is 0 Å². The predicted octanol–water partition coefficient (Wildman–Crippen LogP) is 4.72. The van der Waals surface area contributed by atoms with Gasteiger partial charge in [0.05, 0.1) is 22.8 Å². The van der Waals surface area contributed by atoms with Gasteiger partial charge < -0.3 is 10.1 Å². The maximum absolute atomic E-state index is 12.2. The third-order valence-electron chi connectivity index (χ3n) is 3.79. The monoisotopic (exact) mass is 376 g/mol. The fourth-order valence-corrected chi connectivity index (χ4v) is 2.66. The molecule has 0 aliphatic carbocycles. The minimum Gasteiger partial charge on any atom is -0.420 e. The average molecular weight is 377 g/mol. The molecule has 7 heteroatoms. The zero-order chi connectivity index (χ0) is 18.6. The van der Waals surface area contributed by atoms with Gasteiger partial charge in [0.15, 0.2) is 0 Å². The van der Waals surface area contributed by atoms with Crippen LogP contribution in [0.1, 0.15) is 10.4 Å². The highest BCUT2D eigenvalue weighted by Crippen LogP contribution is 2.27. The third kappa shape index (κ3) is 3.86. The molecule has 4 aromatic rings. The van der Waals surface area contributed by atoms with Crippen LogP contribution in [0.15, 0.2) is 73.2 Å². The molecule has 4 rings (SSSR count). The lowest BCUT2D eigenvalue weighted by atomic mass is 10.2. The summed E-state index contributed by atoms with van der Waals surface area (Å²) in [6.45, 7) is 0. The molecule has 0 saturated heterocycles. The average Bonchev–Trinajstić information content (AvgIpc) is 2.70. The summed E-state index contributed by atoms with van der Waals surface area (Å²) in [7, 11) is 0. The summed E-state index contributed by atoms with van der Waals surface area (Å²) >= 11 is 5.99. The summed E-state index contributed by atoms with van der Waals surface area (Å²) in [6.07, 6.45) is 2.93. The van der Waals surface area contributed by atoms with Crippen molar-refractivity contribution < 1.29 is 9.53 Å². The number of nitrogens with one attached hydrogen (secondary N) is 1. The Balaban J connectivity index is 1.51. The summed E-state index contributed by atoms with van der Waals surface area (Å²) < 4.78 is 5.76. The Kier molecular flexibility index (Phi) is 4.63. The SMILES string of the molecule is O=C(Nc1ccc(Oc2ncnc3cc(Cl)ccc23)nc1)c1ccccc1. The summed E-state index contributed by atoms with van der Waals surface area (Å²) in [5.74, 6) is 0.526. The molecular formula is C20H13ClN4O2. The smallest absolute Gasteiger partial charge is 0.255 e. The van der Waals surface area contributed by atoms with Gasteiger partial charge in [-0.05, 0) is 36.4 Å². The molecular weight excluding hydrogens is 364 g/mol. The van der Waals surface area contributed by atoms with E-state index in [1.807, 2.05) is 18.2 Å². The van der Waals surface area contributed by atoms with Gasteiger partial charge in [-0.3, -0.25) is 4.79 Å². The molecule has 2 heterocycles. The zero-order valence-corrected chi connectivity index (χ0v) is 14.7. The number of fused-ring (bicyclic) bond motifs is 1. The number of carbonyl (C=O) groups is 1. The quantitative estimate of drug-likeness (QED) is 0.557. The highest BCUT2D eigenvalue weighted by Gasteiger charge is 2.09. The molecule has 0 spiro atoms. The largest absolute Gasteiger partial charge is 0.420 e. The van der Waals surface area contributed by atoms with E-state index in [1.54, 1.807) is 42.5 Å². The fourth-order valence-electron chi connectivity index (χ4n) is 2.49. The lowest BCUT2D eigenvalue weighted by Gasteiger charge is -2.08. The molecule has 6 nitrogen and oxygen atoms in total. The van der Waals surface area contributed by atoms with Crippen molar-refractivity contribution in [3.05, 3.63) is 83.8 Å². The number of carbonyl (C=O) groups excluding carboxylic acids is 1. The van der Waals surface area contributed by atoms with E-state index in [0.717, 1.165) is 5.39 Å². The second-order valence-electron chi connectivity index (χ2n) is 5.65. The molecule has 0 unspecified atom stereocenters. The summed E-state index contributed by atoms with van der Waals surface area (Å²) in [6, 6.07) is 17.6. The highest BCUT2D eigenvalue weighted by molar-refractivity contribution is 6.31. The van der Waals surface area contributed by atoms with Crippen molar-refractivity contribution in [2.75, 3.05) is 5.32 Å². The number of hydrogen-bond donors (Lipinski definition) is 1. The molecule has 2 aromatic carbocycles. The Morgan fingerprint density at radius 2 is 1.81 bits per heavy atom. The van der Waals surface area contributed by atoms with Crippen LogP contribution in [0, 0.1) is 0 Å². The second kappa shape index (κ2) is 7.39. The van der Waals surface area contributed by atoms with Gasteiger partial charge in [0.25, 0.3) is 5.91 Å². The van der Waals surface area contributed by atoms with Crippen LogP contribution in [0.25, 0.3) is 10.9 Å². The highest BCUT2D eigenvalue weighted by atomic mass is 35.5. The van der Waals surface area contributed by atoms with E-state index in [2.05, 4.69) is 20.3 Å². The Hall–Kier alpha value is -3.51. The molecule has 1 amide bonds. The Labute approximate surface area is 159 Å². The molecule has 0 radical (unpaired) electrons. The normalized spacial score (nSPS) is 10.6. The molecule has 132 valence electrons. The van der Waals surface area contributed by atoms with E-state index < -0.39 is 0 Å². The third-order valence-corrected chi connectivity index (χ3v) is 4.03. The molecule has 1 N–H and O–H groups in total. The number of ether oxygens (including phenoxy) is 1. The first-order valence-electron chi connectivity index (χ1n) is 8.09. The Bertz CT molecular complexity index is 1100. The van der Waals surface area contributed by atoms with Crippen molar-refractivity contribution in [2.45, 2.75) is 0 Å². The van der Waals surface area contributed by atoms with E-state index in [4.69, 9.17) is 16.3 Å². The molecule has 0 saturated carbocycles. The Morgan fingerprint density at radius 1 is 0.963 bits per heavy atom. The maximum Gasteiger partial charge on any atom is 0.255 e. The first-order valence-corrected chi connectivity index (χ1v) is 8.47. The van der Waals surface area contributed by atoms with Crippen molar-refractivity contribution in [3.63, 3.8) is 0 Å². The van der Waals surface area contributed by atoms with E-state index >= 15 is 0 Å². The van der Waals surface area contributed by atoms with Crippen LogP contribution in [0.2, 0.25) is 5.02 Å². The van der Waals surface area contributed by atoms with E-state index in [9.17, 15) is 4.79 Å². The van der Waals surface area contributed by atoms with Crippen LogP contribution in [0.3, 0.4) is 0 Å². The number of aromatic nitrogens is 3. The van der Waals surface area contributed by atoms with E-state index in [0.29, 0.717) is 33.6 Å². The van der Waals surface area contributed by atoms with Crippen LogP contribution >= 0.6 is 11.6 Å². The first-order chi connectivity index (χ1) is 13.2. The lowest BCUT2D eigenvalue weighted by Crippen LogP contribution is -2.11. The fraction of sp³-hybridized carbons (Fsp3) is 0. The van der Waals surface area contributed by atoms with Crippen molar-refractivity contribution in [1.82, 2.24) is 15.0 Å². The molecule has 0 atom stereocenters. The molecule has 0 aliphatic heterocycles. The minimum absolute atomic E-state index is 0.204. The number of amides is 1. The minimum atomic E-state index is -0.204. The van der Waals surface area contributed by atoms with Crippen molar-refractivity contribution in [2.24, 2.45) is 0 Å². The van der Waals surface area contributed by atoms with Crippen LogP contribution < -0.4 is 10.1 Å². The molecule has 0 aliphatic rings. The van der Waals surface area contributed by atoms with Crippen molar-refractivity contribution in [3.8, 4) is 11.8 Å². The van der Waals surface area contributed by atoms with Gasteiger partial charge in [0, 0.05) is 16.7 Å². The number of benzene rings is 2. The van der Waals surface area contributed by atoms with E-state index in [-0.39, 0.29) is 5.91 Å². The molecule has 0 bridgehead atoms. The van der Waals surface area contributed by atoms with Gasteiger partial charge in [-0.25, -0.2) is 15.0 Å². The van der Waals surface area contributed by atoms with Gasteiger partial charge in [-0.15, -0.1) is 0 Å².